The van der Waals surface area contributed by atoms with Crippen molar-refractivity contribution in [3.8, 4) is 0 Å². The molecule has 0 radical (unpaired) electrons. The second-order valence-electron chi connectivity index (χ2n) is 24.6. The Labute approximate surface area is 571 Å². The number of halogens is 2. The minimum absolute atomic E-state index is 0.0299. The zero-order chi connectivity index (χ0) is 66.4. The van der Waals surface area contributed by atoms with E-state index in [9.17, 15) is 26.4 Å². The lowest BCUT2D eigenvalue weighted by molar-refractivity contribution is -0.128. The van der Waals surface area contributed by atoms with Gasteiger partial charge < -0.3 is 18.6 Å². The molecule has 96 heavy (non-hydrogen) atoms. The van der Waals surface area contributed by atoms with Crippen molar-refractivity contribution in [2.24, 2.45) is 0 Å². The van der Waals surface area contributed by atoms with Crippen molar-refractivity contribution in [1.29, 1.82) is 0 Å². The van der Waals surface area contributed by atoms with Gasteiger partial charge in [0.25, 0.3) is 20.0 Å². The Morgan fingerprint density at radius 3 is 1.11 bits per heavy atom. The number of hydrogen-bond donors (Lipinski definition) is 0. The molecule has 0 N–H and O–H groups in total. The highest BCUT2D eigenvalue weighted by molar-refractivity contribution is 9.10. The van der Waals surface area contributed by atoms with Crippen molar-refractivity contribution in [2.45, 2.75) is 72.2 Å². The van der Waals surface area contributed by atoms with Gasteiger partial charge in [-0.2, -0.15) is 8.61 Å². The molecule has 4 amide bonds. The minimum Gasteiger partial charge on any atom is -0.458 e. The maximum Gasteiger partial charge on any atom is 0.271 e. The van der Waals surface area contributed by atoms with Crippen molar-refractivity contribution in [3.63, 3.8) is 0 Å². The van der Waals surface area contributed by atoms with E-state index in [1.807, 2.05) is 172 Å². The van der Waals surface area contributed by atoms with Crippen LogP contribution in [-0.2, 0) is 63.1 Å². The van der Waals surface area contributed by atoms with Crippen LogP contribution in [0, 0.1) is 13.8 Å². The van der Waals surface area contributed by atoms with Crippen LogP contribution in [0.25, 0.3) is 21.9 Å². The first-order valence-electron chi connectivity index (χ1n) is 31.1. The van der Waals surface area contributed by atoms with Crippen LogP contribution in [0.15, 0.2) is 282 Å². The van der Waals surface area contributed by atoms with Crippen LogP contribution >= 0.6 is 31.9 Å². The summed E-state index contributed by atoms with van der Waals surface area (Å²) >= 11 is 7.08. The molecule has 14 nitrogen and oxygen atoms in total. The molecule has 0 fully saturated rings. The van der Waals surface area contributed by atoms with Gasteiger partial charge in [0.05, 0.1) is 45.5 Å². The molecule has 16 rings (SSSR count). The number of para-hydroxylation sites is 4. The molecular weight excluding hydrogens is 1380 g/mol. The van der Waals surface area contributed by atoms with Gasteiger partial charge in [-0.3, -0.25) is 19.2 Å². The predicted octanol–water partition coefficient (Wildman–Crippen LogP) is 16.5. The molecule has 476 valence electrons. The molecule has 4 atom stereocenters. The van der Waals surface area contributed by atoms with Crippen LogP contribution in [0.3, 0.4) is 0 Å². The number of carbonyl (C=O) groups excluding carboxylic acids is 4. The predicted molar refractivity (Wildman–Crippen MR) is 377 cm³/mol. The summed E-state index contributed by atoms with van der Waals surface area (Å²) in [5.41, 5.74) is 5.71. The SMILES string of the molecule is Cc1ccc(S(=O)(=O)N2C(=O)C[C@@]3(C(=O)N(Cc4ccccc4)c4ccccc43)[C@@H](c3ccc(Br)cc3)c3oc4ccccc4c32)cc1.Cc1ccc(S(=O)(=O)N2C(=O)C[C@@]3(C(=O)N(Cc4ccccc4)c4ccccc43)[C@@H](c3ccc(Br)cc3)c3oc4ccccc4c32)cc1. The summed E-state index contributed by atoms with van der Waals surface area (Å²) in [6.45, 7) is 4.29. The molecule has 0 aliphatic carbocycles. The van der Waals surface area contributed by atoms with Crippen LogP contribution in [0.1, 0.15) is 80.7 Å². The largest absolute Gasteiger partial charge is 0.458 e. The van der Waals surface area contributed by atoms with Gasteiger partial charge in [0.1, 0.15) is 34.1 Å². The van der Waals surface area contributed by atoms with Gasteiger partial charge in [-0.15, -0.1) is 0 Å². The first-order valence-corrected chi connectivity index (χ1v) is 35.6. The summed E-state index contributed by atoms with van der Waals surface area (Å²) < 4.78 is 75.4. The number of sulfonamides is 2. The van der Waals surface area contributed by atoms with E-state index in [2.05, 4.69) is 31.9 Å². The first kappa shape index (κ1) is 62.2. The van der Waals surface area contributed by atoms with E-state index < -0.39 is 67.4 Å². The zero-order valence-corrected chi connectivity index (χ0v) is 56.5. The van der Waals surface area contributed by atoms with Gasteiger partial charge >= 0.3 is 0 Å². The Morgan fingerprint density at radius 2 is 0.740 bits per heavy atom. The minimum atomic E-state index is -4.45. The standard InChI is InChI=1S/2C39H29BrN2O5S/c2*1-25-15-21-29(22-16-25)48(45,46)42-34(43)23-39(31-12-6-7-13-32(31)41(38(39)44)24-26-9-3-2-4-10-26)35(27-17-19-28(40)20-18-27)37-36(42)30-11-5-8-14-33(30)47-37/h2*2-22,35H,23-24H2,1H3/t2*35-,39-/m00/s1. The van der Waals surface area contributed by atoms with Crippen LogP contribution < -0.4 is 18.4 Å². The average Bonchev–Trinajstić information content (AvgIpc) is 1.53. The molecule has 12 aromatic rings. The van der Waals surface area contributed by atoms with Crippen LogP contribution in [-0.4, -0.2) is 40.5 Å². The molecule has 0 unspecified atom stereocenters. The average molecular weight is 1440 g/mol. The van der Waals surface area contributed by atoms with Crippen molar-refractivity contribution < 1.29 is 44.8 Å². The van der Waals surface area contributed by atoms with Crippen molar-refractivity contribution >= 4 is 120 Å². The first-order chi connectivity index (χ1) is 46.4. The van der Waals surface area contributed by atoms with Gasteiger partial charge in [-0.1, -0.05) is 213 Å². The Bertz CT molecular complexity index is 5010. The number of aryl methyl sites for hydroxylation is 2. The number of amides is 4. The maximum atomic E-state index is 15.3. The molecule has 6 heterocycles. The van der Waals surface area contributed by atoms with E-state index in [4.69, 9.17) is 8.83 Å². The van der Waals surface area contributed by atoms with Crippen molar-refractivity contribution in [1.82, 2.24) is 0 Å². The molecule has 4 aliphatic rings. The normalized spacial score (nSPS) is 19.1. The highest BCUT2D eigenvalue weighted by atomic mass is 79.9. The molecule has 0 saturated carbocycles. The van der Waals surface area contributed by atoms with E-state index >= 15 is 9.59 Å². The van der Waals surface area contributed by atoms with E-state index in [0.717, 1.165) is 39.8 Å². The monoisotopic (exact) mass is 1430 g/mol. The van der Waals surface area contributed by atoms with Gasteiger partial charge in [0.15, 0.2) is 0 Å². The van der Waals surface area contributed by atoms with Crippen LogP contribution in [0.2, 0.25) is 0 Å². The summed E-state index contributed by atoms with van der Waals surface area (Å²) in [6.07, 6.45) is -0.809. The molecular formula is C78H58Br2N4O10S2. The van der Waals surface area contributed by atoms with Gasteiger partial charge in [-0.05, 0) is 132 Å². The van der Waals surface area contributed by atoms with E-state index in [-0.39, 0.29) is 57.6 Å². The number of fused-ring (bicyclic) bond motifs is 10. The quantitative estimate of drug-likeness (QED) is 0.128. The Kier molecular flexibility index (Phi) is 15.6. The molecule has 18 heteroatoms. The third-order valence-corrected chi connectivity index (χ3v) is 23.4. The summed E-state index contributed by atoms with van der Waals surface area (Å²) in [5, 5.41) is 0.936. The Morgan fingerprint density at radius 1 is 0.406 bits per heavy atom. The fourth-order valence-electron chi connectivity index (χ4n) is 14.6. The summed E-state index contributed by atoms with van der Waals surface area (Å²) in [4.78, 5) is 63.9. The second kappa shape index (κ2) is 24.0. The maximum absolute atomic E-state index is 15.3. The summed E-state index contributed by atoms with van der Waals surface area (Å²) in [5.74, 6) is -3.26. The number of nitrogens with zero attached hydrogens (tertiary/aromatic N) is 4. The Hall–Kier alpha value is -9.98. The fourth-order valence-corrected chi connectivity index (χ4v) is 18.0. The van der Waals surface area contributed by atoms with E-state index in [1.54, 1.807) is 82.6 Å². The fraction of sp³-hybridized carbons (Fsp3) is 0.128. The lowest BCUT2D eigenvalue weighted by atomic mass is 9.65. The summed E-state index contributed by atoms with van der Waals surface area (Å²) in [6, 6.07) is 76.5. The van der Waals surface area contributed by atoms with Crippen molar-refractivity contribution in [2.75, 3.05) is 18.4 Å². The smallest absolute Gasteiger partial charge is 0.271 e. The molecule has 2 spiro atoms. The second-order valence-corrected chi connectivity index (χ2v) is 30.0. The van der Waals surface area contributed by atoms with Gasteiger partial charge in [0.2, 0.25) is 23.6 Å². The number of carbonyl (C=O) groups is 4. The lowest BCUT2D eigenvalue weighted by Crippen LogP contribution is -2.47. The van der Waals surface area contributed by atoms with Crippen molar-refractivity contribution in [3.05, 3.63) is 320 Å². The third-order valence-electron chi connectivity index (χ3n) is 18.9. The number of rotatable bonds is 10. The number of benzene rings is 10. The van der Waals surface area contributed by atoms with Crippen LogP contribution in [0.5, 0.6) is 0 Å². The van der Waals surface area contributed by atoms with E-state index in [0.29, 0.717) is 55.6 Å². The van der Waals surface area contributed by atoms with Gasteiger partial charge in [-0.25, -0.2) is 16.8 Å². The Balaban J connectivity index is 0.000000158. The molecule has 0 saturated heterocycles. The highest BCUT2D eigenvalue weighted by Crippen LogP contribution is 2.62. The molecule has 10 aromatic carbocycles. The van der Waals surface area contributed by atoms with Gasteiger partial charge in [0, 0.05) is 43.9 Å². The number of hydrogen-bond acceptors (Lipinski definition) is 10. The number of anilines is 4. The zero-order valence-electron chi connectivity index (χ0n) is 51.7. The van der Waals surface area contributed by atoms with E-state index in [1.165, 1.54) is 24.3 Å². The topological polar surface area (TPSA) is 176 Å². The lowest BCUT2D eigenvalue weighted by Gasteiger charge is -2.34. The van der Waals surface area contributed by atoms with Crippen LogP contribution in [0.4, 0.5) is 22.7 Å². The molecule has 0 bridgehead atoms. The summed E-state index contributed by atoms with van der Waals surface area (Å²) in [7, 11) is -8.90. The number of furan rings is 2. The molecule has 2 aromatic heterocycles. The molecule has 4 aliphatic heterocycles. The third kappa shape index (κ3) is 10.1. The highest BCUT2D eigenvalue weighted by Gasteiger charge is 2.64.